The van der Waals surface area contributed by atoms with Gasteiger partial charge in [0.15, 0.2) is 0 Å². The number of carbonyl (C=O) groups is 2. The number of aryl methyl sites for hydroxylation is 2. The van der Waals surface area contributed by atoms with Crippen molar-refractivity contribution in [2.45, 2.75) is 43.0 Å². The van der Waals surface area contributed by atoms with Crippen molar-refractivity contribution in [1.82, 2.24) is 15.2 Å². The molecule has 0 unspecified atom stereocenters. The summed E-state index contributed by atoms with van der Waals surface area (Å²) < 4.78 is 0. The normalized spacial score (nSPS) is 13.6. The number of rotatable bonds is 6. The van der Waals surface area contributed by atoms with E-state index in [9.17, 15) is 9.59 Å². The van der Waals surface area contributed by atoms with Crippen LogP contribution in [0.1, 0.15) is 40.7 Å². The van der Waals surface area contributed by atoms with Gasteiger partial charge in [-0.15, -0.1) is 0 Å². The minimum absolute atomic E-state index is 0.115. The maximum absolute atomic E-state index is 12.6. The van der Waals surface area contributed by atoms with Crippen LogP contribution in [0.15, 0.2) is 46.5 Å². The van der Waals surface area contributed by atoms with Crippen LogP contribution in [-0.4, -0.2) is 41.3 Å². The third kappa shape index (κ3) is 5.10. The van der Waals surface area contributed by atoms with E-state index in [1.54, 1.807) is 18.3 Å². The topological polar surface area (TPSA) is 62.3 Å². The van der Waals surface area contributed by atoms with Gasteiger partial charge >= 0.3 is 0 Å². The lowest BCUT2D eigenvalue weighted by atomic mass is 10.2. The fourth-order valence-corrected chi connectivity index (χ4v) is 4.14. The minimum Gasteiger partial charge on any atom is -0.351 e. The first kappa shape index (κ1) is 19.4. The van der Waals surface area contributed by atoms with Crippen LogP contribution in [0, 0.1) is 13.8 Å². The first-order valence-electron chi connectivity index (χ1n) is 9.30. The standard InChI is InChI=1S/C21H25N3O2S/c1-15-7-8-16(2)18(14-15)27-21-17(6-5-10-23-21)20(26)22-11-9-19(25)24-12-3-4-13-24/h5-8,10,14H,3-4,9,11-13H2,1-2H3,(H,22,26). The highest BCUT2D eigenvalue weighted by Crippen LogP contribution is 2.31. The van der Waals surface area contributed by atoms with Gasteiger partial charge in [-0.2, -0.15) is 0 Å². The first-order valence-corrected chi connectivity index (χ1v) is 10.1. The third-order valence-corrected chi connectivity index (χ3v) is 5.83. The van der Waals surface area contributed by atoms with Crippen LogP contribution in [-0.2, 0) is 4.79 Å². The van der Waals surface area contributed by atoms with Crippen molar-refractivity contribution in [2.75, 3.05) is 19.6 Å². The maximum Gasteiger partial charge on any atom is 0.254 e. The zero-order valence-electron chi connectivity index (χ0n) is 15.8. The molecule has 1 aromatic carbocycles. The van der Waals surface area contributed by atoms with E-state index in [-0.39, 0.29) is 11.8 Å². The maximum atomic E-state index is 12.6. The number of hydrogen-bond acceptors (Lipinski definition) is 4. The monoisotopic (exact) mass is 383 g/mol. The van der Waals surface area contributed by atoms with Crippen molar-refractivity contribution < 1.29 is 9.59 Å². The number of aromatic nitrogens is 1. The molecule has 2 aromatic rings. The summed E-state index contributed by atoms with van der Waals surface area (Å²) in [6, 6.07) is 9.79. The summed E-state index contributed by atoms with van der Waals surface area (Å²) in [5.41, 5.74) is 2.86. The number of likely N-dealkylation sites (tertiary alicyclic amines) is 1. The average Bonchev–Trinajstić information content (AvgIpc) is 3.20. The predicted octanol–water partition coefficient (Wildman–Crippen LogP) is 3.59. The third-order valence-electron chi connectivity index (χ3n) is 4.65. The van der Waals surface area contributed by atoms with Crippen molar-refractivity contribution in [2.24, 2.45) is 0 Å². The molecule has 1 aliphatic heterocycles. The van der Waals surface area contributed by atoms with Gasteiger partial charge < -0.3 is 10.2 Å². The summed E-state index contributed by atoms with van der Waals surface area (Å²) in [5.74, 6) is -0.0749. The molecule has 0 saturated carbocycles. The van der Waals surface area contributed by atoms with E-state index in [0.29, 0.717) is 23.6 Å². The van der Waals surface area contributed by atoms with Gasteiger partial charge in [-0.1, -0.05) is 23.9 Å². The van der Waals surface area contributed by atoms with Crippen molar-refractivity contribution in [3.63, 3.8) is 0 Å². The molecule has 27 heavy (non-hydrogen) atoms. The highest BCUT2D eigenvalue weighted by Gasteiger charge is 2.18. The molecule has 0 bridgehead atoms. The van der Waals surface area contributed by atoms with Gasteiger partial charge in [0.25, 0.3) is 5.91 Å². The zero-order valence-corrected chi connectivity index (χ0v) is 16.6. The Bertz CT molecular complexity index is 832. The molecular formula is C21H25N3O2S. The van der Waals surface area contributed by atoms with E-state index in [1.807, 2.05) is 11.8 Å². The van der Waals surface area contributed by atoms with Crippen LogP contribution >= 0.6 is 11.8 Å². The minimum atomic E-state index is -0.190. The Morgan fingerprint density at radius 3 is 2.74 bits per heavy atom. The van der Waals surface area contributed by atoms with E-state index in [2.05, 4.69) is 35.4 Å². The van der Waals surface area contributed by atoms with Gasteiger partial charge in [-0.05, 0) is 56.0 Å². The Morgan fingerprint density at radius 1 is 1.19 bits per heavy atom. The second kappa shape index (κ2) is 9.04. The van der Waals surface area contributed by atoms with E-state index >= 15 is 0 Å². The Morgan fingerprint density at radius 2 is 1.96 bits per heavy atom. The summed E-state index contributed by atoms with van der Waals surface area (Å²) in [5, 5.41) is 3.54. The van der Waals surface area contributed by atoms with Crippen LogP contribution in [0.5, 0.6) is 0 Å². The molecular weight excluding hydrogens is 358 g/mol. The molecule has 3 rings (SSSR count). The zero-order chi connectivity index (χ0) is 19.2. The molecule has 2 amide bonds. The second-order valence-electron chi connectivity index (χ2n) is 6.82. The molecule has 1 aromatic heterocycles. The van der Waals surface area contributed by atoms with Crippen molar-refractivity contribution in [3.8, 4) is 0 Å². The molecule has 2 heterocycles. The Labute approximate surface area is 164 Å². The van der Waals surface area contributed by atoms with Crippen LogP contribution in [0.2, 0.25) is 0 Å². The SMILES string of the molecule is Cc1ccc(C)c(Sc2ncccc2C(=O)NCCC(=O)N2CCCC2)c1. The quantitative estimate of drug-likeness (QED) is 0.828. The van der Waals surface area contributed by atoms with Crippen molar-refractivity contribution in [1.29, 1.82) is 0 Å². The summed E-state index contributed by atoms with van der Waals surface area (Å²) in [4.78, 5) is 32.1. The van der Waals surface area contributed by atoms with Crippen molar-refractivity contribution in [3.05, 3.63) is 53.2 Å². The fourth-order valence-electron chi connectivity index (χ4n) is 3.07. The molecule has 142 valence electrons. The van der Waals surface area contributed by atoms with Gasteiger partial charge in [0.2, 0.25) is 5.91 Å². The lowest BCUT2D eigenvalue weighted by Crippen LogP contribution is -2.32. The predicted molar refractivity (Wildman–Crippen MR) is 107 cm³/mol. The number of benzene rings is 1. The summed E-state index contributed by atoms with van der Waals surface area (Å²) in [6.45, 7) is 6.12. The molecule has 1 N–H and O–H groups in total. The number of hydrogen-bond donors (Lipinski definition) is 1. The number of pyridine rings is 1. The Hall–Kier alpha value is -2.34. The first-order chi connectivity index (χ1) is 13.0. The summed E-state index contributed by atoms with van der Waals surface area (Å²) >= 11 is 1.50. The molecule has 1 fully saturated rings. The van der Waals surface area contributed by atoms with Gasteiger partial charge in [0, 0.05) is 37.1 Å². The highest BCUT2D eigenvalue weighted by atomic mass is 32.2. The van der Waals surface area contributed by atoms with E-state index in [1.165, 1.54) is 17.3 Å². The molecule has 0 radical (unpaired) electrons. The van der Waals surface area contributed by atoms with Crippen LogP contribution in [0.25, 0.3) is 0 Å². The molecule has 5 nitrogen and oxygen atoms in total. The van der Waals surface area contributed by atoms with E-state index in [0.717, 1.165) is 36.4 Å². The second-order valence-corrected chi connectivity index (χ2v) is 7.85. The summed E-state index contributed by atoms with van der Waals surface area (Å²) in [7, 11) is 0. The lowest BCUT2D eigenvalue weighted by Gasteiger charge is -2.15. The number of nitrogens with zero attached hydrogens (tertiary/aromatic N) is 2. The van der Waals surface area contributed by atoms with Crippen LogP contribution < -0.4 is 5.32 Å². The van der Waals surface area contributed by atoms with Gasteiger partial charge in [-0.25, -0.2) is 4.98 Å². The highest BCUT2D eigenvalue weighted by molar-refractivity contribution is 7.99. The van der Waals surface area contributed by atoms with Gasteiger partial charge in [0.05, 0.1) is 5.56 Å². The summed E-state index contributed by atoms with van der Waals surface area (Å²) in [6.07, 6.45) is 4.19. The number of carbonyl (C=O) groups excluding carboxylic acids is 2. The Balaban J connectivity index is 1.63. The van der Waals surface area contributed by atoms with E-state index in [4.69, 9.17) is 0 Å². The lowest BCUT2D eigenvalue weighted by molar-refractivity contribution is -0.129. The van der Waals surface area contributed by atoms with Crippen molar-refractivity contribution >= 4 is 23.6 Å². The largest absolute Gasteiger partial charge is 0.351 e. The smallest absolute Gasteiger partial charge is 0.254 e. The molecule has 6 heteroatoms. The average molecular weight is 384 g/mol. The molecule has 1 aliphatic rings. The van der Waals surface area contributed by atoms with Crippen LogP contribution in [0.4, 0.5) is 0 Å². The Kier molecular flexibility index (Phi) is 6.50. The molecule has 1 saturated heterocycles. The van der Waals surface area contributed by atoms with Crippen LogP contribution in [0.3, 0.4) is 0 Å². The van der Waals surface area contributed by atoms with Gasteiger partial charge in [-0.3, -0.25) is 9.59 Å². The number of nitrogens with one attached hydrogen (secondary N) is 1. The fraction of sp³-hybridized carbons (Fsp3) is 0.381. The molecule has 0 spiro atoms. The van der Waals surface area contributed by atoms with Gasteiger partial charge in [0.1, 0.15) is 5.03 Å². The van der Waals surface area contributed by atoms with E-state index < -0.39 is 0 Å². The molecule has 0 atom stereocenters. The number of amides is 2. The molecule has 0 aliphatic carbocycles.